The second-order valence-electron chi connectivity index (χ2n) is 9.02. The van der Waals surface area contributed by atoms with Gasteiger partial charge < -0.3 is 19.1 Å². The molecule has 9 nitrogen and oxygen atoms in total. The number of methoxy groups -OCH3 is 2. The first-order valence-electron chi connectivity index (χ1n) is 11.5. The number of aromatic nitrogens is 3. The summed E-state index contributed by atoms with van der Waals surface area (Å²) in [7, 11) is 2.98. The lowest BCUT2D eigenvalue weighted by molar-refractivity contribution is 0.0600. The Labute approximate surface area is 202 Å². The summed E-state index contributed by atoms with van der Waals surface area (Å²) in [4.78, 5) is 37.0. The van der Waals surface area contributed by atoms with Crippen LogP contribution in [0.4, 0.5) is 0 Å². The van der Waals surface area contributed by atoms with E-state index in [0.717, 1.165) is 12.0 Å². The van der Waals surface area contributed by atoms with Gasteiger partial charge in [0.1, 0.15) is 5.56 Å². The number of hydrogen-bond acceptors (Lipinski definition) is 6. The summed E-state index contributed by atoms with van der Waals surface area (Å²) >= 11 is 0. The first kappa shape index (κ1) is 24.4. The lowest BCUT2D eigenvalue weighted by atomic mass is 9.84. The number of carboxylic acids is 1. The molecule has 3 aromatic rings. The van der Waals surface area contributed by atoms with Gasteiger partial charge in [-0.2, -0.15) is 5.10 Å². The number of carboxylic acid groups (broad SMARTS) is 1. The molecule has 1 N–H and O–H groups in total. The van der Waals surface area contributed by atoms with Gasteiger partial charge in [-0.3, -0.25) is 9.48 Å². The Hall–Kier alpha value is -3.72. The van der Waals surface area contributed by atoms with Gasteiger partial charge in [0, 0.05) is 55.9 Å². The number of fused-ring (bicyclic) bond motifs is 3. The summed E-state index contributed by atoms with van der Waals surface area (Å²) in [6, 6.07) is 6.82. The van der Waals surface area contributed by atoms with Gasteiger partial charge in [-0.15, -0.1) is 0 Å². The summed E-state index contributed by atoms with van der Waals surface area (Å²) in [5, 5.41) is 14.1. The molecule has 0 saturated carbocycles. The third-order valence-corrected chi connectivity index (χ3v) is 6.44. The maximum atomic E-state index is 12.8. The van der Waals surface area contributed by atoms with Crippen LogP contribution >= 0.6 is 0 Å². The number of pyridine rings is 1. The van der Waals surface area contributed by atoms with E-state index < -0.39 is 17.4 Å². The molecule has 1 unspecified atom stereocenters. The molecule has 0 fully saturated rings. The quantitative estimate of drug-likeness (QED) is 0.388. The number of hydrogen-bond donors (Lipinski definition) is 1. The topological polar surface area (TPSA) is 113 Å². The Kier molecular flexibility index (Phi) is 6.88. The van der Waals surface area contributed by atoms with E-state index in [0.29, 0.717) is 47.7 Å². The van der Waals surface area contributed by atoms with E-state index in [2.05, 4.69) is 18.9 Å². The molecule has 0 bridgehead atoms. The molecule has 0 radical (unpaired) electrons. The smallest absolute Gasteiger partial charge is 0.341 e. The molecule has 4 rings (SSSR count). The highest BCUT2D eigenvalue weighted by atomic mass is 16.5. The normalized spacial score (nSPS) is 14.5. The molecule has 3 heterocycles. The largest absolute Gasteiger partial charge is 0.477 e. The number of rotatable bonds is 8. The Bertz CT molecular complexity index is 1340. The fourth-order valence-electron chi connectivity index (χ4n) is 4.62. The first-order chi connectivity index (χ1) is 16.7. The van der Waals surface area contributed by atoms with Crippen LogP contribution in [0, 0.1) is 5.92 Å². The molecule has 9 heteroatoms. The lowest BCUT2D eigenvalue weighted by Gasteiger charge is -2.34. The van der Waals surface area contributed by atoms with Gasteiger partial charge in [0.15, 0.2) is 5.43 Å². The second kappa shape index (κ2) is 9.87. The monoisotopic (exact) mass is 479 g/mol. The second-order valence-corrected chi connectivity index (χ2v) is 9.02. The standard InChI is InChI=1S/C26H29N3O6/c1-15(2)22-11-16-10-18(21-6-8-28(27-21)7-5-9-34-3)19(26(33)35-4)12-17(16)23-13-24(30)20(25(31)32)14-29(22)23/h6,8,10,12-15,22H,5,7,9,11H2,1-4H3,(H,31,32). The van der Waals surface area contributed by atoms with Gasteiger partial charge in [-0.1, -0.05) is 13.8 Å². The van der Waals surface area contributed by atoms with Gasteiger partial charge in [0.25, 0.3) is 0 Å². The number of esters is 1. The van der Waals surface area contributed by atoms with Crippen molar-refractivity contribution in [2.45, 2.75) is 39.3 Å². The van der Waals surface area contributed by atoms with Crippen molar-refractivity contribution < 1.29 is 24.2 Å². The van der Waals surface area contributed by atoms with Crippen LogP contribution in [-0.2, 0) is 22.4 Å². The molecule has 0 aliphatic carbocycles. The fraction of sp³-hybridized carbons (Fsp3) is 0.385. The third kappa shape index (κ3) is 4.64. The zero-order chi connectivity index (χ0) is 25.3. The lowest BCUT2D eigenvalue weighted by Crippen LogP contribution is -2.28. The molecule has 2 aromatic heterocycles. The summed E-state index contributed by atoms with van der Waals surface area (Å²) in [6.07, 6.45) is 4.71. The zero-order valence-electron chi connectivity index (χ0n) is 20.3. The van der Waals surface area contributed by atoms with Crippen LogP contribution < -0.4 is 5.43 Å². The molecule has 1 atom stereocenters. The van der Waals surface area contributed by atoms with Crippen LogP contribution in [0.15, 0.2) is 41.5 Å². The summed E-state index contributed by atoms with van der Waals surface area (Å²) in [6.45, 7) is 5.43. The average Bonchev–Trinajstić information content (AvgIpc) is 3.30. The minimum atomic E-state index is -1.26. The number of nitrogens with zero attached hydrogens (tertiary/aromatic N) is 3. The number of ether oxygens (including phenoxy) is 2. The number of aromatic carboxylic acids is 1. The molecule has 184 valence electrons. The van der Waals surface area contributed by atoms with Gasteiger partial charge in [-0.25, -0.2) is 9.59 Å². The van der Waals surface area contributed by atoms with E-state index in [1.807, 2.05) is 27.6 Å². The van der Waals surface area contributed by atoms with E-state index >= 15 is 0 Å². The van der Waals surface area contributed by atoms with E-state index in [1.54, 1.807) is 13.2 Å². The van der Waals surface area contributed by atoms with Crippen molar-refractivity contribution >= 4 is 11.9 Å². The predicted molar refractivity (Wildman–Crippen MR) is 130 cm³/mol. The minimum absolute atomic E-state index is 0.0559. The van der Waals surface area contributed by atoms with Crippen molar-refractivity contribution in [1.82, 2.24) is 14.3 Å². The van der Waals surface area contributed by atoms with Crippen molar-refractivity contribution in [1.29, 1.82) is 0 Å². The molecule has 0 amide bonds. The van der Waals surface area contributed by atoms with Gasteiger partial charge in [0.2, 0.25) is 0 Å². The summed E-state index contributed by atoms with van der Waals surface area (Å²) < 4.78 is 13.8. The zero-order valence-corrected chi connectivity index (χ0v) is 20.3. The van der Waals surface area contributed by atoms with Crippen LogP contribution in [0.5, 0.6) is 0 Å². The van der Waals surface area contributed by atoms with Crippen molar-refractivity contribution in [2.24, 2.45) is 5.92 Å². The summed E-state index contributed by atoms with van der Waals surface area (Å²) in [5.74, 6) is -1.60. The van der Waals surface area contributed by atoms with Crippen molar-refractivity contribution in [2.75, 3.05) is 20.8 Å². The first-order valence-corrected chi connectivity index (χ1v) is 11.5. The predicted octanol–water partition coefficient (Wildman–Crippen LogP) is 3.65. The SMILES string of the molecule is COCCCn1ccc(-c2cc3c(cc2C(=O)OC)-c2cc(=O)c(C(=O)O)cn2C(C(C)C)C3)n1. The number of benzene rings is 1. The van der Waals surface area contributed by atoms with E-state index in [4.69, 9.17) is 9.47 Å². The molecule has 0 spiro atoms. The van der Waals surface area contributed by atoms with E-state index in [1.165, 1.54) is 19.4 Å². The summed E-state index contributed by atoms with van der Waals surface area (Å²) in [5.41, 5.74) is 3.04. The molecule has 1 aliphatic heterocycles. The number of aryl methyl sites for hydroxylation is 1. The molecular formula is C26H29N3O6. The van der Waals surface area contributed by atoms with Crippen molar-refractivity contribution in [3.63, 3.8) is 0 Å². The Morgan fingerprint density at radius 3 is 2.60 bits per heavy atom. The Morgan fingerprint density at radius 1 is 1.17 bits per heavy atom. The van der Waals surface area contributed by atoms with Crippen LogP contribution in [0.3, 0.4) is 0 Å². The van der Waals surface area contributed by atoms with Crippen molar-refractivity contribution in [3.8, 4) is 22.5 Å². The van der Waals surface area contributed by atoms with Gasteiger partial charge in [0.05, 0.1) is 24.1 Å². The average molecular weight is 480 g/mol. The maximum absolute atomic E-state index is 12.8. The van der Waals surface area contributed by atoms with Crippen LogP contribution in [0.1, 0.15) is 52.6 Å². The van der Waals surface area contributed by atoms with Crippen LogP contribution in [0.25, 0.3) is 22.5 Å². The van der Waals surface area contributed by atoms with Crippen molar-refractivity contribution in [3.05, 3.63) is 63.6 Å². The van der Waals surface area contributed by atoms with Crippen LogP contribution in [-0.4, -0.2) is 52.2 Å². The van der Waals surface area contributed by atoms with Gasteiger partial charge >= 0.3 is 11.9 Å². The molecule has 1 aromatic carbocycles. The molecular weight excluding hydrogens is 450 g/mol. The van der Waals surface area contributed by atoms with E-state index in [9.17, 15) is 19.5 Å². The molecule has 0 saturated heterocycles. The minimum Gasteiger partial charge on any atom is -0.477 e. The van der Waals surface area contributed by atoms with E-state index in [-0.39, 0.29) is 17.5 Å². The number of carbonyl (C=O) groups excluding carboxylic acids is 1. The highest BCUT2D eigenvalue weighted by molar-refractivity contribution is 5.99. The molecule has 35 heavy (non-hydrogen) atoms. The fourth-order valence-corrected chi connectivity index (χ4v) is 4.62. The maximum Gasteiger partial charge on any atom is 0.341 e. The van der Waals surface area contributed by atoms with Crippen LogP contribution in [0.2, 0.25) is 0 Å². The Morgan fingerprint density at radius 2 is 1.94 bits per heavy atom. The highest BCUT2D eigenvalue weighted by Crippen LogP contribution is 2.40. The van der Waals surface area contributed by atoms with Gasteiger partial charge in [-0.05, 0) is 42.5 Å². The third-order valence-electron chi connectivity index (χ3n) is 6.44. The highest BCUT2D eigenvalue weighted by Gasteiger charge is 2.30. The Balaban J connectivity index is 1.89. The molecule has 1 aliphatic rings. The number of carbonyl (C=O) groups is 2.